The zero-order chi connectivity index (χ0) is 22.8. The molecule has 0 aliphatic heterocycles. The number of pyridine rings is 1. The number of rotatable bonds is 6. The maximum Gasteiger partial charge on any atom is 0.341 e. The van der Waals surface area contributed by atoms with Gasteiger partial charge in [-0.3, -0.25) is 4.79 Å². The van der Waals surface area contributed by atoms with Crippen molar-refractivity contribution in [1.82, 2.24) is 4.57 Å². The minimum Gasteiger partial charge on any atom is -0.477 e. The van der Waals surface area contributed by atoms with Gasteiger partial charge in [-0.2, -0.15) is 0 Å². The van der Waals surface area contributed by atoms with Gasteiger partial charge in [-0.1, -0.05) is 49.1 Å². The van der Waals surface area contributed by atoms with Crippen molar-refractivity contribution in [3.05, 3.63) is 80.3 Å². The molecule has 1 aliphatic carbocycles. The normalized spacial score (nSPS) is 15.7. The molecule has 32 heavy (non-hydrogen) atoms. The summed E-state index contributed by atoms with van der Waals surface area (Å²) in [6.07, 6.45) is 6.77. The van der Waals surface area contributed by atoms with Crippen molar-refractivity contribution in [3.63, 3.8) is 0 Å². The van der Waals surface area contributed by atoms with Crippen molar-refractivity contribution in [2.75, 3.05) is 6.61 Å². The number of hydrogen-bond acceptors (Lipinski definition) is 3. The Morgan fingerprint density at radius 1 is 1.19 bits per heavy atom. The summed E-state index contributed by atoms with van der Waals surface area (Å²) in [5, 5.41) is 20.1. The first-order valence-electron chi connectivity index (χ1n) is 10.9. The van der Waals surface area contributed by atoms with Crippen molar-refractivity contribution in [2.45, 2.75) is 44.6 Å². The van der Waals surface area contributed by atoms with E-state index in [0.29, 0.717) is 16.6 Å². The van der Waals surface area contributed by atoms with Crippen molar-refractivity contribution in [3.8, 4) is 0 Å². The summed E-state index contributed by atoms with van der Waals surface area (Å²) in [4.78, 5) is 24.8. The van der Waals surface area contributed by atoms with Crippen LogP contribution in [0, 0.1) is 11.7 Å². The second-order valence-corrected chi connectivity index (χ2v) is 8.88. The first-order chi connectivity index (χ1) is 15.4. The minimum absolute atomic E-state index is 0.0251. The highest BCUT2D eigenvalue weighted by Gasteiger charge is 2.27. The number of aliphatic hydroxyl groups excluding tert-OH is 1. The molecule has 0 saturated heterocycles. The summed E-state index contributed by atoms with van der Waals surface area (Å²) in [6.45, 7) is -0.142. The smallest absolute Gasteiger partial charge is 0.341 e. The van der Waals surface area contributed by atoms with Crippen molar-refractivity contribution in [2.24, 2.45) is 5.92 Å². The van der Waals surface area contributed by atoms with Gasteiger partial charge in [0.2, 0.25) is 5.43 Å². The van der Waals surface area contributed by atoms with Crippen LogP contribution in [0.3, 0.4) is 0 Å². The predicted molar refractivity (Wildman–Crippen MR) is 122 cm³/mol. The van der Waals surface area contributed by atoms with E-state index in [1.54, 1.807) is 34.9 Å². The number of halogens is 2. The fraction of sp³-hybridized carbons (Fsp3) is 0.360. The topological polar surface area (TPSA) is 79.5 Å². The SMILES string of the molecule is O=C(O)c1cn([C@H](CO)C2CCCCC2)c2ccc(Cc3cccc(Cl)c3F)cc2c1=O. The summed E-state index contributed by atoms with van der Waals surface area (Å²) in [6, 6.07) is 9.62. The summed E-state index contributed by atoms with van der Waals surface area (Å²) >= 11 is 5.88. The lowest BCUT2D eigenvalue weighted by atomic mass is 9.83. The molecule has 0 bridgehead atoms. The highest BCUT2D eigenvalue weighted by atomic mass is 35.5. The number of aromatic nitrogens is 1. The van der Waals surface area contributed by atoms with E-state index < -0.39 is 17.2 Å². The number of carboxylic acids is 1. The van der Waals surface area contributed by atoms with Crippen LogP contribution in [0.15, 0.2) is 47.4 Å². The van der Waals surface area contributed by atoms with Gasteiger partial charge in [0.1, 0.15) is 11.4 Å². The summed E-state index contributed by atoms with van der Waals surface area (Å²) in [5.41, 5.74) is 0.709. The molecule has 5 nitrogen and oxygen atoms in total. The molecule has 7 heteroatoms. The second kappa shape index (κ2) is 9.43. The fourth-order valence-electron chi connectivity index (χ4n) is 4.83. The molecule has 1 aliphatic rings. The van der Waals surface area contributed by atoms with Crippen molar-refractivity contribution in [1.29, 1.82) is 0 Å². The molecule has 1 atom stereocenters. The van der Waals surface area contributed by atoms with Gasteiger partial charge in [0.15, 0.2) is 0 Å². The maximum atomic E-state index is 14.4. The van der Waals surface area contributed by atoms with Crippen molar-refractivity contribution >= 4 is 28.5 Å². The van der Waals surface area contributed by atoms with E-state index in [9.17, 15) is 24.2 Å². The summed E-state index contributed by atoms with van der Waals surface area (Å²) < 4.78 is 16.1. The van der Waals surface area contributed by atoms with E-state index in [4.69, 9.17) is 11.6 Å². The van der Waals surface area contributed by atoms with E-state index >= 15 is 0 Å². The van der Waals surface area contributed by atoms with Crippen LogP contribution < -0.4 is 5.43 Å². The second-order valence-electron chi connectivity index (χ2n) is 8.47. The lowest BCUT2D eigenvalue weighted by molar-refractivity contribution is 0.0693. The van der Waals surface area contributed by atoms with Crippen LogP contribution in [0.4, 0.5) is 4.39 Å². The van der Waals surface area contributed by atoms with Gasteiger partial charge < -0.3 is 14.8 Å². The number of aliphatic hydroxyl groups is 1. The molecule has 3 aromatic rings. The lowest BCUT2D eigenvalue weighted by Crippen LogP contribution is -2.28. The number of carboxylic acid groups (broad SMARTS) is 1. The number of hydrogen-bond donors (Lipinski definition) is 2. The third-order valence-corrected chi connectivity index (χ3v) is 6.78. The van der Waals surface area contributed by atoms with Gasteiger partial charge in [0.25, 0.3) is 0 Å². The number of benzene rings is 2. The van der Waals surface area contributed by atoms with E-state index in [1.807, 2.05) is 0 Å². The number of fused-ring (bicyclic) bond motifs is 1. The monoisotopic (exact) mass is 457 g/mol. The molecule has 168 valence electrons. The minimum atomic E-state index is -1.31. The van der Waals surface area contributed by atoms with E-state index in [2.05, 4.69) is 0 Å². The Kier molecular flexibility index (Phi) is 6.63. The molecule has 0 unspecified atom stereocenters. The average molecular weight is 458 g/mol. The Hall–Kier alpha value is -2.70. The lowest BCUT2D eigenvalue weighted by Gasteiger charge is -2.32. The number of nitrogens with zero attached hydrogens (tertiary/aromatic N) is 1. The number of carbonyl (C=O) groups is 1. The maximum absolute atomic E-state index is 14.4. The van der Waals surface area contributed by atoms with Gasteiger partial charge >= 0.3 is 5.97 Å². The Balaban J connectivity index is 1.84. The Bertz CT molecular complexity index is 1220. The van der Waals surface area contributed by atoms with Gasteiger partial charge in [-0.05, 0) is 48.1 Å². The predicted octanol–water partition coefficient (Wildman–Crippen LogP) is 5.20. The molecule has 0 spiro atoms. The third-order valence-electron chi connectivity index (χ3n) is 6.49. The Morgan fingerprint density at radius 3 is 2.62 bits per heavy atom. The average Bonchev–Trinajstić information content (AvgIpc) is 2.79. The first-order valence-corrected chi connectivity index (χ1v) is 11.2. The molecule has 0 radical (unpaired) electrons. The fourth-order valence-corrected chi connectivity index (χ4v) is 5.02. The molecule has 1 heterocycles. The zero-order valence-electron chi connectivity index (χ0n) is 17.6. The van der Waals surface area contributed by atoms with Crippen LogP contribution in [-0.2, 0) is 6.42 Å². The highest BCUT2D eigenvalue weighted by Crippen LogP contribution is 2.34. The molecular formula is C25H25ClFNO4. The van der Waals surface area contributed by atoms with Gasteiger partial charge in [0, 0.05) is 18.0 Å². The molecular weight excluding hydrogens is 433 g/mol. The van der Waals surface area contributed by atoms with Crippen LogP contribution in [0.2, 0.25) is 5.02 Å². The van der Waals surface area contributed by atoms with Crippen molar-refractivity contribution < 1.29 is 19.4 Å². The Morgan fingerprint density at radius 2 is 1.94 bits per heavy atom. The first kappa shape index (κ1) is 22.5. The molecule has 1 aromatic heterocycles. The van der Waals surface area contributed by atoms with E-state index in [-0.39, 0.29) is 41.0 Å². The quantitative estimate of drug-likeness (QED) is 0.533. The van der Waals surface area contributed by atoms with Gasteiger partial charge in [0.05, 0.1) is 23.2 Å². The molecule has 1 saturated carbocycles. The standard InChI is InChI=1S/C25H25ClFNO4/c26-20-8-4-7-17(23(20)27)11-15-9-10-21-18(12-15)24(30)19(25(31)32)13-28(21)22(14-29)16-5-2-1-3-6-16/h4,7-10,12-13,16,22,29H,1-3,5-6,11,14H2,(H,31,32)/t22-/m1/s1. The largest absolute Gasteiger partial charge is 0.477 e. The van der Waals surface area contributed by atoms with Gasteiger partial charge in [-0.25, -0.2) is 9.18 Å². The van der Waals surface area contributed by atoms with Gasteiger partial charge in [-0.15, -0.1) is 0 Å². The van der Waals surface area contributed by atoms with Crippen LogP contribution >= 0.6 is 11.6 Å². The molecule has 2 N–H and O–H groups in total. The van der Waals surface area contributed by atoms with Crippen LogP contribution in [0.1, 0.15) is 59.6 Å². The number of aromatic carboxylic acids is 1. The Labute approximate surface area is 190 Å². The van der Waals surface area contributed by atoms with Crippen LogP contribution in [0.25, 0.3) is 10.9 Å². The van der Waals surface area contributed by atoms with E-state index in [1.165, 1.54) is 12.3 Å². The molecule has 1 fully saturated rings. The molecule has 0 amide bonds. The molecule has 4 rings (SSSR count). The van der Waals surface area contributed by atoms with Crippen LogP contribution in [0.5, 0.6) is 0 Å². The van der Waals surface area contributed by atoms with E-state index in [0.717, 1.165) is 32.1 Å². The molecule has 2 aromatic carbocycles. The van der Waals surface area contributed by atoms with Crippen LogP contribution in [-0.4, -0.2) is 27.4 Å². The summed E-state index contributed by atoms with van der Waals surface area (Å²) in [7, 11) is 0. The highest BCUT2D eigenvalue weighted by molar-refractivity contribution is 6.30. The summed E-state index contributed by atoms with van der Waals surface area (Å²) in [5.74, 6) is -1.61. The zero-order valence-corrected chi connectivity index (χ0v) is 18.3. The third kappa shape index (κ3) is 4.30.